The van der Waals surface area contributed by atoms with Crippen LogP contribution in [0.25, 0.3) is 0 Å². The Bertz CT molecular complexity index is 574. The smallest absolute Gasteiger partial charge is 0.110 e. The molecule has 1 aromatic carbocycles. The number of aliphatic imine (C=N–C) groups is 1. The van der Waals surface area contributed by atoms with Gasteiger partial charge in [0.25, 0.3) is 0 Å². The Morgan fingerprint density at radius 3 is 2.50 bits per heavy atom. The molecular formula is C18H27N3O. The first kappa shape index (κ1) is 15.3. The largest absolute Gasteiger partial charge is 0.378 e. The van der Waals surface area contributed by atoms with Crippen LogP contribution in [-0.4, -0.2) is 50.6 Å². The van der Waals surface area contributed by atoms with Crippen LogP contribution in [0.15, 0.2) is 23.2 Å². The van der Waals surface area contributed by atoms with Gasteiger partial charge in [0.2, 0.25) is 0 Å². The fraction of sp³-hybridized carbons (Fsp3) is 0.611. The van der Waals surface area contributed by atoms with Crippen LogP contribution in [0.2, 0.25) is 0 Å². The first-order valence-corrected chi connectivity index (χ1v) is 8.21. The monoisotopic (exact) mass is 301 g/mol. The summed E-state index contributed by atoms with van der Waals surface area (Å²) in [5.74, 6) is 1.20. The number of nitrogens with zero attached hydrogens (tertiary/aromatic N) is 3. The first-order valence-electron chi connectivity index (χ1n) is 8.21. The summed E-state index contributed by atoms with van der Waals surface area (Å²) in [6.45, 7) is 11.3. The van der Waals surface area contributed by atoms with E-state index in [-0.39, 0.29) is 5.41 Å². The quantitative estimate of drug-likeness (QED) is 0.839. The van der Waals surface area contributed by atoms with Gasteiger partial charge in [-0.1, -0.05) is 19.9 Å². The van der Waals surface area contributed by atoms with Gasteiger partial charge in [0.05, 0.1) is 24.6 Å². The molecule has 120 valence electrons. The highest BCUT2D eigenvalue weighted by Crippen LogP contribution is 2.36. The summed E-state index contributed by atoms with van der Waals surface area (Å²) in [4.78, 5) is 9.78. The molecule has 0 bridgehead atoms. The van der Waals surface area contributed by atoms with Gasteiger partial charge in [0.15, 0.2) is 0 Å². The third-order valence-corrected chi connectivity index (χ3v) is 4.75. The van der Waals surface area contributed by atoms with Crippen LogP contribution in [0.4, 0.5) is 11.4 Å². The summed E-state index contributed by atoms with van der Waals surface area (Å²) in [5.41, 5.74) is 3.74. The molecule has 0 radical (unpaired) electrons. The van der Waals surface area contributed by atoms with Crippen molar-refractivity contribution < 1.29 is 4.74 Å². The van der Waals surface area contributed by atoms with Crippen LogP contribution in [0, 0.1) is 12.3 Å². The molecule has 0 amide bonds. The van der Waals surface area contributed by atoms with Crippen molar-refractivity contribution in [3.05, 3.63) is 23.8 Å². The lowest BCUT2D eigenvalue weighted by molar-refractivity contribution is 0.123. The third kappa shape index (κ3) is 2.98. The maximum Gasteiger partial charge on any atom is 0.110 e. The average Bonchev–Trinajstić information content (AvgIpc) is 2.75. The molecule has 0 atom stereocenters. The van der Waals surface area contributed by atoms with Gasteiger partial charge < -0.3 is 14.5 Å². The van der Waals surface area contributed by atoms with Gasteiger partial charge in [-0.05, 0) is 31.0 Å². The highest BCUT2D eigenvalue weighted by atomic mass is 16.5. The fourth-order valence-corrected chi connectivity index (χ4v) is 3.33. The van der Waals surface area contributed by atoms with Gasteiger partial charge in [-0.25, -0.2) is 4.99 Å². The lowest BCUT2D eigenvalue weighted by Crippen LogP contribution is -2.36. The maximum atomic E-state index is 5.48. The molecule has 0 spiro atoms. The van der Waals surface area contributed by atoms with Crippen LogP contribution < -0.4 is 4.90 Å². The first-order chi connectivity index (χ1) is 10.5. The van der Waals surface area contributed by atoms with E-state index in [0.717, 1.165) is 38.5 Å². The summed E-state index contributed by atoms with van der Waals surface area (Å²) in [6, 6.07) is 6.60. The molecule has 1 aromatic rings. The minimum absolute atomic E-state index is 0.154. The summed E-state index contributed by atoms with van der Waals surface area (Å²) >= 11 is 0. The zero-order valence-corrected chi connectivity index (χ0v) is 14.2. The van der Waals surface area contributed by atoms with E-state index in [1.54, 1.807) is 0 Å². The van der Waals surface area contributed by atoms with Crippen molar-refractivity contribution in [1.29, 1.82) is 0 Å². The maximum absolute atomic E-state index is 5.48. The number of morpholine rings is 1. The number of rotatable bonds is 2. The van der Waals surface area contributed by atoms with E-state index in [0.29, 0.717) is 0 Å². The molecule has 2 heterocycles. The van der Waals surface area contributed by atoms with Gasteiger partial charge in [-0.2, -0.15) is 0 Å². The number of hydrogen-bond donors (Lipinski definition) is 0. The summed E-state index contributed by atoms with van der Waals surface area (Å²) in [6.07, 6.45) is 1.17. The zero-order chi connectivity index (χ0) is 15.7. The van der Waals surface area contributed by atoms with Crippen LogP contribution in [0.1, 0.15) is 25.8 Å². The minimum atomic E-state index is 0.154. The van der Waals surface area contributed by atoms with Crippen molar-refractivity contribution in [3.8, 4) is 0 Å². The Morgan fingerprint density at radius 1 is 1.14 bits per heavy atom. The second-order valence-electron chi connectivity index (χ2n) is 7.08. The van der Waals surface area contributed by atoms with Gasteiger partial charge in [0.1, 0.15) is 5.84 Å². The number of ether oxygens (including phenoxy) is 1. The lowest BCUT2D eigenvalue weighted by Gasteiger charge is -2.30. The lowest BCUT2D eigenvalue weighted by atomic mass is 9.91. The van der Waals surface area contributed by atoms with Gasteiger partial charge in [0, 0.05) is 32.1 Å². The number of hydrogen-bond acceptors (Lipinski definition) is 3. The van der Waals surface area contributed by atoms with Gasteiger partial charge in [-0.3, -0.25) is 0 Å². The molecule has 2 fully saturated rings. The SMILES string of the molecule is Cc1ccc(N2CCOCC2)c(/N=C2/N(C)CCC2(C)C)c1. The molecule has 22 heavy (non-hydrogen) atoms. The number of benzene rings is 1. The van der Waals surface area contributed by atoms with Crippen molar-refractivity contribution in [2.24, 2.45) is 10.4 Å². The standard InChI is InChI=1S/C18H27N3O/c1-14-5-6-16(21-9-11-22-12-10-21)15(13-14)19-17-18(2,3)7-8-20(17)4/h5-6,13H,7-12H2,1-4H3/b19-17+. The summed E-state index contributed by atoms with van der Waals surface area (Å²) in [7, 11) is 2.15. The number of amidine groups is 1. The van der Waals surface area contributed by atoms with Crippen molar-refractivity contribution in [2.45, 2.75) is 27.2 Å². The molecule has 2 aliphatic heterocycles. The van der Waals surface area contributed by atoms with E-state index < -0.39 is 0 Å². The van der Waals surface area contributed by atoms with E-state index in [1.807, 2.05) is 0 Å². The van der Waals surface area contributed by atoms with Crippen molar-refractivity contribution in [2.75, 3.05) is 44.8 Å². The molecule has 2 saturated heterocycles. The molecule has 0 aromatic heterocycles. The average molecular weight is 301 g/mol. The predicted octanol–water partition coefficient (Wildman–Crippen LogP) is 3.22. The van der Waals surface area contributed by atoms with Gasteiger partial charge >= 0.3 is 0 Å². The Morgan fingerprint density at radius 2 is 1.86 bits per heavy atom. The molecule has 0 N–H and O–H groups in total. The van der Waals surface area contributed by atoms with Crippen LogP contribution in [-0.2, 0) is 4.74 Å². The Balaban J connectivity index is 2.00. The second-order valence-corrected chi connectivity index (χ2v) is 7.08. The summed E-state index contributed by atoms with van der Waals surface area (Å²) in [5, 5.41) is 0. The highest BCUT2D eigenvalue weighted by Gasteiger charge is 2.34. The van der Waals surface area contributed by atoms with Crippen molar-refractivity contribution in [1.82, 2.24) is 4.90 Å². The van der Waals surface area contributed by atoms with E-state index in [9.17, 15) is 0 Å². The molecule has 4 heteroatoms. The highest BCUT2D eigenvalue weighted by molar-refractivity contribution is 5.92. The predicted molar refractivity (Wildman–Crippen MR) is 92.3 cm³/mol. The normalized spacial score (nSPS) is 23.4. The van der Waals surface area contributed by atoms with Gasteiger partial charge in [-0.15, -0.1) is 0 Å². The zero-order valence-electron chi connectivity index (χ0n) is 14.2. The topological polar surface area (TPSA) is 28.1 Å². The van der Waals surface area contributed by atoms with E-state index in [2.05, 4.69) is 55.8 Å². The Hall–Kier alpha value is -1.55. The fourth-order valence-electron chi connectivity index (χ4n) is 3.33. The van der Waals surface area contributed by atoms with E-state index in [4.69, 9.17) is 9.73 Å². The van der Waals surface area contributed by atoms with E-state index >= 15 is 0 Å². The molecule has 0 unspecified atom stereocenters. The van der Waals surface area contributed by atoms with Crippen molar-refractivity contribution >= 4 is 17.2 Å². The molecular weight excluding hydrogens is 274 g/mol. The van der Waals surface area contributed by atoms with Crippen molar-refractivity contribution in [3.63, 3.8) is 0 Å². The van der Waals surface area contributed by atoms with Crippen LogP contribution in [0.3, 0.4) is 0 Å². The Labute approximate surface area is 133 Å². The number of likely N-dealkylation sites (tertiary alicyclic amines) is 1. The minimum Gasteiger partial charge on any atom is -0.378 e. The molecule has 2 aliphatic rings. The number of aryl methyl sites for hydroxylation is 1. The molecule has 3 rings (SSSR count). The number of anilines is 1. The van der Waals surface area contributed by atoms with Crippen LogP contribution >= 0.6 is 0 Å². The molecule has 4 nitrogen and oxygen atoms in total. The molecule has 0 aliphatic carbocycles. The summed E-state index contributed by atoms with van der Waals surface area (Å²) < 4.78 is 5.48. The second kappa shape index (κ2) is 5.92. The molecule has 0 saturated carbocycles. The van der Waals surface area contributed by atoms with Crippen LogP contribution in [0.5, 0.6) is 0 Å². The third-order valence-electron chi connectivity index (χ3n) is 4.75. The Kier molecular flexibility index (Phi) is 4.13. The van der Waals surface area contributed by atoms with E-state index in [1.165, 1.54) is 23.5 Å².